The lowest BCUT2D eigenvalue weighted by molar-refractivity contribution is 0.160. The number of aryl methyl sites for hydroxylation is 1. The zero-order chi connectivity index (χ0) is 20.2. The molecule has 154 valence electrons. The smallest absolute Gasteiger partial charge is 0.154 e. The summed E-state index contributed by atoms with van der Waals surface area (Å²) < 4.78 is 13.2. The molecule has 4 rings (SSSR count). The summed E-state index contributed by atoms with van der Waals surface area (Å²) in [7, 11) is 1.68. The number of likely N-dealkylation sites (tertiary alicyclic amines) is 1. The summed E-state index contributed by atoms with van der Waals surface area (Å²) >= 11 is 0. The van der Waals surface area contributed by atoms with Gasteiger partial charge in [0.15, 0.2) is 5.76 Å². The van der Waals surface area contributed by atoms with E-state index >= 15 is 0 Å². The van der Waals surface area contributed by atoms with E-state index < -0.39 is 0 Å². The Morgan fingerprint density at radius 2 is 2.00 bits per heavy atom. The van der Waals surface area contributed by atoms with Crippen molar-refractivity contribution in [3.8, 4) is 17.0 Å². The van der Waals surface area contributed by atoms with Gasteiger partial charge in [0.2, 0.25) is 0 Å². The number of hydrogen-bond acceptors (Lipinski definition) is 5. The molecule has 3 aromatic rings. The van der Waals surface area contributed by atoms with Crippen molar-refractivity contribution in [3.05, 3.63) is 53.5 Å². The van der Waals surface area contributed by atoms with Gasteiger partial charge in [-0.3, -0.25) is 9.58 Å². The topological polar surface area (TPSA) is 56.3 Å². The van der Waals surface area contributed by atoms with E-state index in [0.29, 0.717) is 0 Å². The third-order valence-electron chi connectivity index (χ3n) is 5.98. The Morgan fingerprint density at radius 3 is 2.72 bits per heavy atom. The van der Waals surface area contributed by atoms with E-state index in [0.717, 1.165) is 48.8 Å². The largest absolute Gasteiger partial charge is 0.497 e. The summed E-state index contributed by atoms with van der Waals surface area (Å²) in [5, 5.41) is 8.89. The van der Waals surface area contributed by atoms with Crippen molar-refractivity contribution in [2.24, 2.45) is 0 Å². The fourth-order valence-electron chi connectivity index (χ4n) is 4.20. The van der Waals surface area contributed by atoms with Crippen molar-refractivity contribution >= 4 is 0 Å². The number of aromatic nitrogens is 3. The summed E-state index contributed by atoms with van der Waals surface area (Å²) in [6.07, 6.45) is 6.81. The van der Waals surface area contributed by atoms with Crippen molar-refractivity contribution in [3.63, 3.8) is 0 Å². The Bertz CT molecular complexity index is 929. The van der Waals surface area contributed by atoms with Crippen LogP contribution in [-0.2, 0) is 13.1 Å². The van der Waals surface area contributed by atoms with E-state index in [4.69, 9.17) is 9.26 Å². The highest BCUT2D eigenvalue weighted by Crippen LogP contribution is 2.34. The van der Waals surface area contributed by atoms with E-state index in [1.54, 1.807) is 7.11 Å². The second kappa shape index (κ2) is 8.82. The number of nitrogens with zero attached hydrogens (tertiary/aromatic N) is 4. The molecule has 0 saturated carbocycles. The van der Waals surface area contributed by atoms with Crippen LogP contribution in [0, 0.1) is 6.92 Å². The van der Waals surface area contributed by atoms with Crippen LogP contribution >= 0.6 is 0 Å². The van der Waals surface area contributed by atoms with Crippen LogP contribution in [0.5, 0.6) is 5.75 Å². The molecule has 0 amide bonds. The second-order valence-corrected chi connectivity index (χ2v) is 7.75. The van der Waals surface area contributed by atoms with Crippen LogP contribution in [0.3, 0.4) is 0 Å². The monoisotopic (exact) mass is 394 g/mol. The lowest BCUT2D eigenvalue weighted by atomic mass is 10.0. The molecular formula is C23H30N4O2. The number of ether oxygens (including phenoxy) is 1. The first-order valence-electron chi connectivity index (χ1n) is 10.6. The molecule has 6 nitrogen and oxygen atoms in total. The van der Waals surface area contributed by atoms with Crippen LogP contribution in [0.2, 0.25) is 0 Å². The van der Waals surface area contributed by atoms with Gasteiger partial charge < -0.3 is 9.26 Å². The quantitative estimate of drug-likeness (QED) is 0.589. The van der Waals surface area contributed by atoms with Crippen LogP contribution in [0.15, 0.2) is 41.1 Å². The minimum absolute atomic E-state index is 0.251. The zero-order valence-corrected chi connectivity index (χ0v) is 17.6. The fourth-order valence-corrected chi connectivity index (χ4v) is 4.20. The molecule has 1 aromatic carbocycles. The molecule has 29 heavy (non-hydrogen) atoms. The standard InChI is InChI=1S/C23H30N4O2/c1-4-27-17(2)19(15-24-27)16-26-13-7-5-6-8-22(26)23-14-21(25-29-23)18-9-11-20(28-3)12-10-18/h9-12,14-15,22H,4-8,13,16H2,1-3H3/t22-/m1/s1. The highest BCUT2D eigenvalue weighted by Gasteiger charge is 2.27. The minimum atomic E-state index is 0.251. The van der Waals surface area contributed by atoms with E-state index in [9.17, 15) is 0 Å². The molecule has 1 fully saturated rings. The molecule has 3 heterocycles. The van der Waals surface area contributed by atoms with Crippen LogP contribution in [0.4, 0.5) is 0 Å². The van der Waals surface area contributed by atoms with Crippen molar-refractivity contribution in [2.45, 2.75) is 58.7 Å². The third kappa shape index (κ3) is 4.22. The minimum Gasteiger partial charge on any atom is -0.497 e. The highest BCUT2D eigenvalue weighted by molar-refractivity contribution is 5.60. The predicted molar refractivity (Wildman–Crippen MR) is 113 cm³/mol. The summed E-state index contributed by atoms with van der Waals surface area (Å²) in [6, 6.07) is 10.3. The van der Waals surface area contributed by atoms with E-state index in [2.05, 4.69) is 39.8 Å². The maximum atomic E-state index is 5.85. The Labute approximate surface area is 172 Å². The predicted octanol–water partition coefficient (Wildman–Crippen LogP) is 4.99. The number of hydrogen-bond donors (Lipinski definition) is 0. The molecule has 0 N–H and O–H groups in total. The summed E-state index contributed by atoms with van der Waals surface area (Å²) in [5.74, 6) is 1.80. The third-order valence-corrected chi connectivity index (χ3v) is 5.98. The SMILES string of the molecule is CCn1ncc(CN2CCCCC[C@@H]2c2cc(-c3ccc(OC)cc3)no2)c1C. The first-order chi connectivity index (χ1) is 14.2. The van der Waals surface area contributed by atoms with Gasteiger partial charge in [0, 0.05) is 36.0 Å². The Kier molecular flexibility index (Phi) is 6.00. The van der Waals surface area contributed by atoms with Crippen LogP contribution in [0.1, 0.15) is 55.7 Å². The number of rotatable bonds is 6. The Morgan fingerprint density at radius 1 is 1.17 bits per heavy atom. The normalized spacial score (nSPS) is 18.0. The lowest BCUT2D eigenvalue weighted by Crippen LogP contribution is -2.28. The average Bonchev–Trinajstić information content (AvgIpc) is 3.30. The van der Waals surface area contributed by atoms with E-state index in [1.165, 1.54) is 30.5 Å². The van der Waals surface area contributed by atoms with E-state index in [1.807, 2.05) is 30.5 Å². The number of methoxy groups -OCH3 is 1. The van der Waals surface area contributed by atoms with Crippen molar-refractivity contribution in [1.82, 2.24) is 19.8 Å². The summed E-state index contributed by atoms with van der Waals surface area (Å²) in [5.41, 5.74) is 4.48. The van der Waals surface area contributed by atoms with Gasteiger partial charge in [-0.25, -0.2) is 0 Å². The molecule has 0 unspecified atom stereocenters. The molecule has 6 heteroatoms. The van der Waals surface area contributed by atoms with Gasteiger partial charge in [-0.15, -0.1) is 0 Å². The molecule has 1 aliphatic rings. The molecule has 2 aromatic heterocycles. The molecular weight excluding hydrogens is 364 g/mol. The second-order valence-electron chi connectivity index (χ2n) is 7.75. The van der Waals surface area contributed by atoms with Gasteiger partial charge in [-0.1, -0.05) is 18.0 Å². The first kappa shape index (κ1) is 19.7. The molecule has 0 spiro atoms. The van der Waals surface area contributed by atoms with Gasteiger partial charge >= 0.3 is 0 Å². The highest BCUT2D eigenvalue weighted by atomic mass is 16.5. The van der Waals surface area contributed by atoms with Crippen molar-refractivity contribution in [1.29, 1.82) is 0 Å². The summed E-state index contributed by atoms with van der Waals surface area (Å²) in [4.78, 5) is 2.54. The Hall–Kier alpha value is -2.60. The van der Waals surface area contributed by atoms with Crippen LogP contribution in [0.25, 0.3) is 11.3 Å². The van der Waals surface area contributed by atoms with Gasteiger partial charge in [0.05, 0.1) is 19.3 Å². The average molecular weight is 395 g/mol. The van der Waals surface area contributed by atoms with E-state index in [-0.39, 0.29) is 6.04 Å². The molecule has 1 aliphatic heterocycles. The molecule has 0 bridgehead atoms. The van der Waals surface area contributed by atoms with Gasteiger partial charge in [0.25, 0.3) is 0 Å². The zero-order valence-electron chi connectivity index (χ0n) is 17.6. The molecule has 1 atom stereocenters. The fraction of sp³-hybridized carbons (Fsp3) is 0.478. The summed E-state index contributed by atoms with van der Waals surface area (Å²) in [6.45, 7) is 7.17. The lowest BCUT2D eigenvalue weighted by Gasteiger charge is -2.27. The molecule has 1 saturated heterocycles. The molecule has 0 aliphatic carbocycles. The van der Waals surface area contributed by atoms with Gasteiger partial charge in [-0.05, 0) is 57.5 Å². The van der Waals surface area contributed by atoms with Crippen molar-refractivity contribution in [2.75, 3.05) is 13.7 Å². The Balaban J connectivity index is 1.57. The maximum absolute atomic E-state index is 5.85. The van der Waals surface area contributed by atoms with Crippen LogP contribution < -0.4 is 4.74 Å². The van der Waals surface area contributed by atoms with Gasteiger partial charge in [-0.2, -0.15) is 5.10 Å². The number of benzene rings is 1. The van der Waals surface area contributed by atoms with Crippen molar-refractivity contribution < 1.29 is 9.26 Å². The molecule has 0 radical (unpaired) electrons. The first-order valence-corrected chi connectivity index (χ1v) is 10.6. The van der Waals surface area contributed by atoms with Gasteiger partial charge in [0.1, 0.15) is 11.4 Å². The maximum Gasteiger partial charge on any atom is 0.154 e. The van der Waals surface area contributed by atoms with Crippen LogP contribution in [-0.4, -0.2) is 33.5 Å².